The molecule has 0 saturated carbocycles. The summed E-state index contributed by atoms with van der Waals surface area (Å²) >= 11 is 0. The van der Waals surface area contributed by atoms with Crippen molar-refractivity contribution in [1.29, 1.82) is 0 Å². The van der Waals surface area contributed by atoms with Crippen LogP contribution in [0.3, 0.4) is 0 Å². The first-order valence-corrected chi connectivity index (χ1v) is 0. The smallest absolute Gasteiger partial charge is 0 e. The van der Waals surface area contributed by atoms with Gasteiger partial charge in [-0.15, -0.1) is 0 Å². The Hall–Kier alpha value is 4.97. The van der Waals surface area contributed by atoms with E-state index in [0.717, 1.165) is 0 Å². The number of hydrogen-bond acceptors (Lipinski definition) is 0. The van der Waals surface area contributed by atoms with Crippen LogP contribution in [0.2, 0.25) is 0 Å². The molecule has 62 valence electrons. The fourth-order valence-corrected chi connectivity index (χ4v) is 0. The van der Waals surface area contributed by atoms with Crippen molar-refractivity contribution in [3.8, 4) is 0 Å². The van der Waals surface area contributed by atoms with Crippen LogP contribution in [-0.4, -0.2) is 0 Å². The second kappa shape index (κ2) is 58.3. The van der Waals surface area contributed by atoms with Crippen molar-refractivity contribution in [2.75, 3.05) is 0 Å². The van der Waals surface area contributed by atoms with Crippen LogP contribution in [0.5, 0.6) is 0 Å². The summed E-state index contributed by atoms with van der Waals surface area (Å²) in [5.41, 5.74) is 0. The molecule has 0 spiro atoms. The van der Waals surface area contributed by atoms with E-state index in [1.165, 1.54) is 0 Å². The number of hydrogen-bond donors (Lipinski definition) is 0. The van der Waals surface area contributed by atoms with Crippen LogP contribution in [0.25, 0.3) is 0 Å². The Balaban J connectivity index is 0. The quantitative estimate of drug-likeness (QED) is 0.379. The van der Waals surface area contributed by atoms with Gasteiger partial charge in [0.15, 0.2) is 0 Å². The normalized spacial score (nSPS) is 0. The van der Waals surface area contributed by atoms with E-state index in [9.17, 15) is 0 Å². The van der Waals surface area contributed by atoms with Gasteiger partial charge in [-0.25, -0.2) is 0 Å². The molecule has 0 aliphatic heterocycles. The van der Waals surface area contributed by atoms with Crippen LogP contribution >= 0.6 is 0 Å². The van der Waals surface area contributed by atoms with Crippen molar-refractivity contribution < 1.29 is 160 Å². The summed E-state index contributed by atoms with van der Waals surface area (Å²) in [6, 6.07) is 0. The molecule has 0 atom stereocenters. The van der Waals surface area contributed by atoms with E-state index in [-0.39, 0.29) is 160 Å². The van der Waals surface area contributed by atoms with Gasteiger partial charge in [0.25, 0.3) is 0 Å². The van der Waals surface area contributed by atoms with E-state index in [1.54, 1.807) is 0 Å². The minimum atomic E-state index is 0. The zero-order valence-corrected chi connectivity index (χ0v) is 13.2. The molecule has 0 heterocycles. The SMILES string of the molecule is [Fe].[Fe].[Fe].[Fe].[Fe].[Fe].[Fe].[Sm]. The molecule has 0 rings (SSSR count). The van der Waals surface area contributed by atoms with Gasteiger partial charge in [-0.1, -0.05) is 0 Å². The van der Waals surface area contributed by atoms with Crippen molar-refractivity contribution in [2.45, 2.75) is 0 Å². The van der Waals surface area contributed by atoms with Crippen molar-refractivity contribution in [3.05, 3.63) is 0 Å². The van der Waals surface area contributed by atoms with E-state index in [4.69, 9.17) is 0 Å². The van der Waals surface area contributed by atoms with Gasteiger partial charge in [0.1, 0.15) is 0 Å². The Labute approximate surface area is 156 Å². The number of rotatable bonds is 0. The van der Waals surface area contributed by atoms with Crippen molar-refractivity contribution >= 4 is 0 Å². The molecule has 0 aromatic rings. The maximum atomic E-state index is 0. The molecular weight excluding hydrogens is 541 g/mol. The summed E-state index contributed by atoms with van der Waals surface area (Å²) < 4.78 is 0. The van der Waals surface area contributed by atoms with Gasteiger partial charge in [-0.05, 0) is 0 Å². The van der Waals surface area contributed by atoms with Crippen molar-refractivity contribution in [3.63, 3.8) is 0 Å². The molecule has 0 unspecified atom stereocenters. The van der Waals surface area contributed by atoms with Crippen LogP contribution in [0.4, 0.5) is 0 Å². The average Bonchev–Trinajstić information content (AvgIpc) is 0. The van der Waals surface area contributed by atoms with E-state index < -0.39 is 0 Å². The molecule has 0 N–H and O–H groups in total. The minimum absolute atomic E-state index is 0. The van der Waals surface area contributed by atoms with E-state index in [2.05, 4.69) is 0 Å². The van der Waals surface area contributed by atoms with Crippen molar-refractivity contribution in [1.82, 2.24) is 0 Å². The van der Waals surface area contributed by atoms with Crippen molar-refractivity contribution in [2.24, 2.45) is 0 Å². The Morgan fingerprint density at radius 3 is 0.250 bits per heavy atom. The first-order chi connectivity index (χ1) is 0. The zero-order valence-electron chi connectivity index (χ0n) is 2.88. The third-order valence-corrected chi connectivity index (χ3v) is 0. The van der Waals surface area contributed by atoms with Gasteiger partial charge in [0.2, 0.25) is 0 Å². The first kappa shape index (κ1) is 75.2. The van der Waals surface area contributed by atoms with Gasteiger partial charge in [0.05, 0.1) is 0 Å². The maximum absolute atomic E-state index is 0. The van der Waals surface area contributed by atoms with E-state index in [1.807, 2.05) is 0 Å². The minimum Gasteiger partial charge on any atom is 0 e. The third kappa shape index (κ3) is 44.1. The first-order valence-electron chi connectivity index (χ1n) is 0. The molecular formula is Fe7Sm. The second-order valence-electron chi connectivity index (χ2n) is 0. The molecule has 0 aromatic carbocycles. The van der Waals surface area contributed by atoms with Gasteiger partial charge in [-0.3, -0.25) is 0 Å². The van der Waals surface area contributed by atoms with E-state index in [0.29, 0.717) is 0 Å². The average molecular weight is 541 g/mol. The molecule has 0 saturated heterocycles. The molecule has 0 bridgehead atoms. The molecule has 8 heavy (non-hydrogen) atoms. The summed E-state index contributed by atoms with van der Waals surface area (Å²) in [5, 5.41) is 0. The monoisotopic (exact) mass is 543 g/mol. The largest absolute Gasteiger partial charge is 0 e. The Morgan fingerprint density at radius 1 is 0.250 bits per heavy atom. The Kier molecular flexibility index (Phi) is 548. The van der Waals surface area contributed by atoms with Crippen LogP contribution < -0.4 is 0 Å². The van der Waals surface area contributed by atoms with Crippen LogP contribution in [-0.2, 0) is 119 Å². The standard InChI is InChI=1S/7Fe.Sm. The van der Waals surface area contributed by atoms with Gasteiger partial charge >= 0.3 is 0 Å². The summed E-state index contributed by atoms with van der Waals surface area (Å²) in [6.45, 7) is 0. The fraction of sp³-hybridized carbons (Fsp3) is 0. The second-order valence-corrected chi connectivity index (χ2v) is 0. The summed E-state index contributed by atoms with van der Waals surface area (Å²) in [5.74, 6) is 0. The maximum Gasteiger partial charge on any atom is 0 e. The predicted molar refractivity (Wildman–Crippen MR) is 0 cm³/mol. The molecule has 0 radical (unpaired) electrons. The van der Waals surface area contributed by atoms with Gasteiger partial charge in [-0.2, -0.15) is 0 Å². The Morgan fingerprint density at radius 2 is 0.250 bits per heavy atom. The topological polar surface area (TPSA) is 0 Å². The van der Waals surface area contributed by atoms with Crippen LogP contribution in [0.1, 0.15) is 0 Å². The molecule has 0 aromatic heterocycles. The molecule has 0 fully saturated rings. The molecule has 0 amide bonds. The fourth-order valence-electron chi connectivity index (χ4n) is 0. The molecule has 0 aliphatic carbocycles. The third-order valence-electron chi connectivity index (χ3n) is 0. The Bertz CT molecular complexity index is 4.35. The summed E-state index contributed by atoms with van der Waals surface area (Å²) in [4.78, 5) is 0. The summed E-state index contributed by atoms with van der Waals surface area (Å²) in [6.07, 6.45) is 0. The molecule has 0 aliphatic rings. The van der Waals surface area contributed by atoms with Gasteiger partial charge < -0.3 is 0 Å². The van der Waals surface area contributed by atoms with E-state index >= 15 is 0 Å². The summed E-state index contributed by atoms with van der Waals surface area (Å²) in [7, 11) is 0. The van der Waals surface area contributed by atoms with Crippen LogP contribution in [0.15, 0.2) is 0 Å². The predicted octanol–water partition coefficient (Wildman–Crippen LogP) is -0.0175. The van der Waals surface area contributed by atoms with Crippen LogP contribution in [0, 0.1) is 40.4 Å². The van der Waals surface area contributed by atoms with Gasteiger partial charge in [0, 0.05) is 160 Å². The molecule has 8 heteroatoms. The zero-order chi connectivity index (χ0) is 0. The molecule has 0 nitrogen and oxygen atoms in total.